The Morgan fingerprint density at radius 3 is 2.94 bits per heavy atom. The number of benzene rings is 1. The highest BCUT2D eigenvalue weighted by Crippen LogP contribution is 2.20. The average molecular weight is 246 g/mol. The Morgan fingerprint density at radius 1 is 1.50 bits per heavy atom. The molecule has 6 nitrogen and oxygen atoms in total. The van der Waals surface area contributed by atoms with Crippen LogP contribution in [-0.4, -0.2) is 21.2 Å². The second-order valence-electron chi connectivity index (χ2n) is 3.95. The van der Waals surface area contributed by atoms with Crippen molar-refractivity contribution in [1.29, 1.82) is 0 Å². The van der Waals surface area contributed by atoms with Gasteiger partial charge in [0.1, 0.15) is 0 Å². The monoisotopic (exact) mass is 246 g/mol. The van der Waals surface area contributed by atoms with Crippen molar-refractivity contribution in [2.75, 3.05) is 11.9 Å². The number of hydrogen-bond acceptors (Lipinski definition) is 4. The number of hydrogen-bond donors (Lipinski definition) is 1. The van der Waals surface area contributed by atoms with E-state index in [0.29, 0.717) is 0 Å². The number of nitrogens with one attached hydrogen (secondary N) is 1. The zero-order valence-electron chi connectivity index (χ0n) is 10.0. The van der Waals surface area contributed by atoms with Gasteiger partial charge in [0.05, 0.1) is 11.5 Å². The molecular formula is C12H14N4O2. The van der Waals surface area contributed by atoms with E-state index in [1.807, 2.05) is 23.9 Å². The smallest absolute Gasteiger partial charge is 0.269 e. The summed E-state index contributed by atoms with van der Waals surface area (Å²) < 4.78 is 1.83. The number of aromatic nitrogens is 2. The van der Waals surface area contributed by atoms with Crippen LogP contribution in [-0.2, 0) is 6.54 Å². The molecule has 0 unspecified atom stereocenters. The number of nitrogens with zero attached hydrogens (tertiary/aromatic N) is 3. The van der Waals surface area contributed by atoms with Crippen LogP contribution in [0.2, 0.25) is 0 Å². The van der Waals surface area contributed by atoms with E-state index < -0.39 is 0 Å². The maximum atomic E-state index is 10.6. The molecule has 1 heterocycles. The number of aryl methyl sites for hydroxylation is 1. The van der Waals surface area contributed by atoms with Crippen LogP contribution in [0.15, 0.2) is 36.7 Å². The van der Waals surface area contributed by atoms with Crippen LogP contribution in [0.4, 0.5) is 11.4 Å². The molecule has 0 radical (unpaired) electrons. The molecule has 0 atom stereocenters. The molecule has 94 valence electrons. The number of nitro groups is 1. The van der Waals surface area contributed by atoms with Gasteiger partial charge < -0.3 is 5.32 Å². The van der Waals surface area contributed by atoms with Gasteiger partial charge in [0.25, 0.3) is 5.69 Å². The molecule has 0 amide bonds. The lowest BCUT2D eigenvalue weighted by atomic mass is 10.2. The van der Waals surface area contributed by atoms with Gasteiger partial charge in [0.2, 0.25) is 0 Å². The van der Waals surface area contributed by atoms with Crippen molar-refractivity contribution in [2.45, 2.75) is 13.5 Å². The summed E-state index contributed by atoms with van der Waals surface area (Å²) in [6, 6.07) is 6.67. The number of non-ortho nitro benzene ring substituents is 1. The standard InChI is InChI=1S/C12H14N4O2/c1-10-9-11(16(17)18)3-4-12(10)13-6-8-15-7-2-5-14-15/h2-5,7,9,13H,6,8H2,1H3. The van der Waals surface area contributed by atoms with E-state index in [4.69, 9.17) is 0 Å². The van der Waals surface area contributed by atoms with Gasteiger partial charge in [0.15, 0.2) is 0 Å². The predicted octanol–water partition coefficient (Wildman–Crippen LogP) is 2.21. The lowest BCUT2D eigenvalue weighted by Crippen LogP contribution is -2.11. The summed E-state index contributed by atoms with van der Waals surface area (Å²) in [5.41, 5.74) is 1.89. The van der Waals surface area contributed by atoms with Gasteiger partial charge in [-0.25, -0.2) is 0 Å². The average Bonchev–Trinajstić information content (AvgIpc) is 2.84. The van der Waals surface area contributed by atoms with Crippen molar-refractivity contribution in [3.63, 3.8) is 0 Å². The van der Waals surface area contributed by atoms with Gasteiger partial charge in [-0.2, -0.15) is 5.10 Å². The second-order valence-corrected chi connectivity index (χ2v) is 3.95. The lowest BCUT2D eigenvalue weighted by Gasteiger charge is -2.09. The van der Waals surface area contributed by atoms with Gasteiger partial charge in [0, 0.05) is 36.8 Å². The van der Waals surface area contributed by atoms with E-state index in [9.17, 15) is 10.1 Å². The van der Waals surface area contributed by atoms with E-state index in [1.165, 1.54) is 6.07 Å². The first-order valence-corrected chi connectivity index (χ1v) is 5.63. The summed E-state index contributed by atoms with van der Waals surface area (Å²) in [4.78, 5) is 10.2. The normalized spacial score (nSPS) is 10.3. The van der Waals surface area contributed by atoms with Crippen LogP contribution in [0.5, 0.6) is 0 Å². The molecule has 0 aliphatic rings. The fraction of sp³-hybridized carbons (Fsp3) is 0.250. The van der Waals surface area contributed by atoms with E-state index in [0.717, 1.165) is 24.3 Å². The Bertz CT molecular complexity index is 537. The van der Waals surface area contributed by atoms with Crippen LogP contribution < -0.4 is 5.32 Å². The minimum Gasteiger partial charge on any atom is -0.383 e. The van der Waals surface area contributed by atoms with Crippen molar-refractivity contribution in [2.24, 2.45) is 0 Å². The van der Waals surface area contributed by atoms with Crippen molar-refractivity contribution in [3.8, 4) is 0 Å². The summed E-state index contributed by atoms with van der Waals surface area (Å²) >= 11 is 0. The van der Waals surface area contributed by atoms with Crippen LogP contribution in [0, 0.1) is 17.0 Å². The Hall–Kier alpha value is -2.37. The quantitative estimate of drug-likeness (QED) is 0.648. The SMILES string of the molecule is Cc1cc([N+](=O)[O-])ccc1NCCn1cccn1. The summed E-state index contributed by atoms with van der Waals surface area (Å²) in [5, 5.41) is 17.9. The summed E-state index contributed by atoms with van der Waals surface area (Å²) in [5.74, 6) is 0. The molecule has 0 saturated carbocycles. The Kier molecular flexibility index (Phi) is 3.57. The third-order valence-electron chi connectivity index (χ3n) is 2.64. The van der Waals surface area contributed by atoms with Gasteiger partial charge in [-0.15, -0.1) is 0 Å². The maximum absolute atomic E-state index is 10.6. The maximum Gasteiger partial charge on any atom is 0.269 e. The molecule has 0 aliphatic carbocycles. The molecule has 0 aliphatic heterocycles. The zero-order valence-corrected chi connectivity index (χ0v) is 10.0. The number of nitro benzene ring substituents is 1. The van der Waals surface area contributed by atoms with E-state index in [-0.39, 0.29) is 10.6 Å². The van der Waals surface area contributed by atoms with Crippen LogP contribution in [0.3, 0.4) is 0 Å². The Balaban J connectivity index is 1.95. The van der Waals surface area contributed by atoms with Crippen LogP contribution >= 0.6 is 0 Å². The molecule has 2 aromatic rings. The third kappa shape index (κ3) is 2.85. The van der Waals surface area contributed by atoms with Gasteiger partial charge in [-0.1, -0.05) is 0 Å². The van der Waals surface area contributed by atoms with E-state index in [1.54, 1.807) is 18.3 Å². The first-order chi connectivity index (χ1) is 8.66. The molecule has 0 saturated heterocycles. The summed E-state index contributed by atoms with van der Waals surface area (Å²) in [6.45, 7) is 3.33. The number of rotatable bonds is 5. The fourth-order valence-corrected chi connectivity index (χ4v) is 1.70. The summed E-state index contributed by atoms with van der Waals surface area (Å²) in [6.07, 6.45) is 3.63. The molecule has 18 heavy (non-hydrogen) atoms. The molecule has 2 rings (SSSR count). The highest BCUT2D eigenvalue weighted by Gasteiger charge is 2.07. The first-order valence-electron chi connectivity index (χ1n) is 5.63. The number of anilines is 1. The molecule has 0 bridgehead atoms. The molecule has 0 fully saturated rings. The molecule has 1 aromatic carbocycles. The highest BCUT2D eigenvalue weighted by atomic mass is 16.6. The largest absolute Gasteiger partial charge is 0.383 e. The molecular weight excluding hydrogens is 232 g/mol. The van der Waals surface area contributed by atoms with Gasteiger partial charge in [-0.3, -0.25) is 14.8 Å². The Labute approximate surface area is 104 Å². The minimum absolute atomic E-state index is 0.116. The molecule has 1 N–H and O–H groups in total. The van der Waals surface area contributed by atoms with Crippen LogP contribution in [0.25, 0.3) is 0 Å². The first kappa shape index (κ1) is 12.1. The minimum atomic E-state index is -0.388. The fourth-order valence-electron chi connectivity index (χ4n) is 1.70. The Morgan fingerprint density at radius 2 is 2.33 bits per heavy atom. The summed E-state index contributed by atoms with van der Waals surface area (Å²) in [7, 11) is 0. The van der Waals surface area contributed by atoms with Crippen LogP contribution in [0.1, 0.15) is 5.56 Å². The van der Waals surface area contributed by atoms with Crippen molar-refractivity contribution < 1.29 is 4.92 Å². The zero-order chi connectivity index (χ0) is 13.0. The molecule has 6 heteroatoms. The van der Waals surface area contributed by atoms with Gasteiger partial charge in [-0.05, 0) is 24.6 Å². The van der Waals surface area contributed by atoms with E-state index in [2.05, 4.69) is 10.4 Å². The van der Waals surface area contributed by atoms with Crippen molar-refractivity contribution >= 4 is 11.4 Å². The lowest BCUT2D eigenvalue weighted by molar-refractivity contribution is -0.384. The van der Waals surface area contributed by atoms with Crippen molar-refractivity contribution in [1.82, 2.24) is 9.78 Å². The molecule has 1 aromatic heterocycles. The van der Waals surface area contributed by atoms with Crippen molar-refractivity contribution in [3.05, 3.63) is 52.3 Å². The highest BCUT2D eigenvalue weighted by molar-refractivity contribution is 5.55. The molecule has 0 spiro atoms. The predicted molar refractivity (Wildman–Crippen MR) is 68.6 cm³/mol. The third-order valence-corrected chi connectivity index (χ3v) is 2.64. The second kappa shape index (κ2) is 5.31. The van der Waals surface area contributed by atoms with Gasteiger partial charge >= 0.3 is 0 Å². The topological polar surface area (TPSA) is 73.0 Å². The van der Waals surface area contributed by atoms with E-state index >= 15 is 0 Å².